The van der Waals surface area contributed by atoms with E-state index in [1.54, 1.807) is 6.26 Å². The summed E-state index contributed by atoms with van der Waals surface area (Å²) in [4.78, 5) is 12.4. The summed E-state index contributed by atoms with van der Waals surface area (Å²) in [5, 5.41) is 0. The molecule has 0 saturated carbocycles. The number of carbonyl (C=O) groups is 1. The van der Waals surface area contributed by atoms with Crippen molar-refractivity contribution < 1.29 is 16.8 Å². The SMILES string of the molecule is CCCCS(=O)(=O)OS(C)(CC(=O)C(C)(C)C)C(C)(C)C. The van der Waals surface area contributed by atoms with Crippen LogP contribution in [0.2, 0.25) is 0 Å². The number of rotatable bonds is 7. The first-order valence-corrected chi connectivity index (χ1v) is 11.1. The van der Waals surface area contributed by atoms with E-state index in [1.165, 1.54) is 0 Å². The van der Waals surface area contributed by atoms with Gasteiger partial charge in [-0.25, -0.2) is 3.63 Å². The second-order valence-electron chi connectivity index (χ2n) is 7.62. The van der Waals surface area contributed by atoms with Crippen molar-refractivity contribution in [1.29, 1.82) is 0 Å². The van der Waals surface area contributed by atoms with Crippen LogP contribution in [0.3, 0.4) is 0 Å². The van der Waals surface area contributed by atoms with Crippen LogP contribution in [-0.2, 0) is 18.5 Å². The van der Waals surface area contributed by atoms with Crippen molar-refractivity contribution in [3.63, 3.8) is 0 Å². The minimum absolute atomic E-state index is 0.0197. The van der Waals surface area contributed by atoms with Crippen LogP contribution in [0.5, 0.6) is 0 Å². The maximum absolute atomic E-state index is 12.4. The molecule has 0 heterocycles. The quantitative estimate of drug-likeness (QED) is 0.705. The summed E-state index contributed by atoms with van der Waals surface area (Å²) in [6.45, 7) is 13.3. The molecule has 1 unspecified atom stereocenters. The van der Waals surface area contributed by atoms with Gasteiger partial charge in [0, 0.05) is 10.2 Å². The van der Waals surface area contributed by atoms with Crippen LogP contribution in [0.4, 0.5) is 0 Å². The Morgan fingerprint density at radius 2 is 1.52 bits per heavy atom. The van der Waals surface area contributed by atoms with Gasteiger partial charge in [0.1, 0.15) is 5.78 Å². The molecule has 21 heavy (non-hydrogen) atoms. The third-order valence-electron chi connectivity index (χ3n) is 3.54. The predicted octanol–water partition coefficient (Wildman–Crippen LogP) is 3.90. The summed E-state index contributed by atoms with van der Waals surface area (Å²) >= 11 is 0. The maximum atomic E-state index is 12.4. The summed E-state index contributed by atoms with van der Waals surface area (Å²) in [7, 11) is -5.65. The molecule has 0 aromatic rings. The Kier molecular flexibility index (Phi) is 6.98. The average molecular weight is 341 g/mol. The van der Waals surface area contributed by atoms with E-state index in [9.17, 15) is 13.2 Å². The van der Waals surface area contributed by atoms with Gasteiger partial charge in [0.15, 0.2) is 0 Å². The number of Topliss-reactive ketones (excluding diaryl/α,β-unsaturated/α-hetero) is 1. The molecule has 4 nitrogen and oxygen atoms in total. The molecular formula is C15H32O4S2. The molecule has 0 aliphatic heterocycles. The van der Waals surface area contributed by atoms with Crippen LogP contribution in [0.1, 0.15) is 61.3 Å². The third-order valence-corrected chi connectivity index (χ3v) is 9.76. The van der Waals surface area contributed by atoms with Gasteiger partial charge in [0.2, 0.25) is 0 Å². The zero-order chi connectivity index (χ0) is 17.1. The molecule has 0 amide bonds. The molecule has 0 aromatic carbocycles. The van der Waals surface area contributed by atoms with Gasteiger partial charge in [-0.05, 0) is 12.7 Å². The first kappa shape index (κ1) is 20.9. The molecule has 1 atom stereocenters. The molecule has 0 spiro atoms. The molecule has 0 aliphatic carbocycles. The Morgan fingerprint density at radius 1 is 1.05 bits per heavy atom. The zero-order valence-electron chi connectivity index (χ0n) is 14.8. The summed E-state index contributed by atoms with van der Waals surface area (Å²) in [6.07, 6.45) is 3.18. The van der Waals surface area contributed by atoms with Crippen molar-refractivity contribution in [2.24, 2.45) is 5.41 Å². The van der Waals surface area contributed by atoms with E-state index in [2.05, 4.69) is 0 Å². The predicted molar refractivity (Wildman–Crippen MR) is 92.4 cm³/mol. The highest BCUT2D eigenvalue weighted by atomic mass is 32.3. The summed E-state index contributed by atoms with van der Waals surface area (Å²) in [5.74, 6) is 0.234. The largest absolute Gasteiger partial charge is 0.298 e. The van der Waals surface area contributed by atoms with Crippen LogP contribution in [0.25, 0.3) is 0 Å². The van der Waals surface area contributed by atoms with E-state index in [0.29, 0.717) is 6.42 Å². The van der Waals surface area contributed by atoms with Crippen molar-refractivity contribution in [3.8, 4) is 0 Å². The normalized spacial score (nSPS) is 18.1. The standard InChI is InChI=1S/C15H32O4S2/c1-9-10-11-21(17,18)19-20(8,15(5,6)7)12-13(16)14(2,3)4/h9-12H2,1-8H3. The molecule has 0 rings (SSSR count). The summed E-state index contributed by atoms with van der Waals surface area (Å²) in [6, 6.07) is 0. The minimum Gasteiger partial charge on any atom is -0.298 e. The molecule has 0 aliphatic rings. The second kappa shape index (κ2) is 7.01. The molecule has 0 saturated heterocycles. The number of unbranched alkanes of at least 4 members (excludes halogenated alkanes) is 1. The first-order valence-electron chi connectivity index (χ1n) is 7.37. The van der Waals surface area contributed by atoms with Crippen molar-refractivity contribution in [2.75, 3.05) is 17.8 Å². The average Bonchev–Trinajstić information content (AvgIpc) is 2.22. The first-order chi connectivity index (χ1) is 9.15. The van der Waals surface area contributed by atoms with Crippen molar-refractivity contribution in [3.05, 3.63) is 0 Å². The number of ketones is 1. The molecule has 128 valence electrons. The van der Waals surface area contributed by atoms with Gasteiger partial charge in [0.25, 0.3) is 10.1 Å². The Hall–Kier alpha value is -0.0700. The molecule has 0 bridgehead atoms. The molecule has 0 fully saturated rings. The fourth-order valence-corrected chi connectivity index (χ4v) is 6.51. The fourth-order valence-electron chi connectivity index (χ4n) is 1.39. The molecule has 0 N–H and O–H groups in total. The van der Waals surface area contributed by atoms with Gasteiger partial charge in [-0.2, -0.15) is 8.42 Å². The van der Waals surface area contributed by atoms with Crippen LogP contribution < -0.4 is 0 Å². The lowest BCUT2D eigenvalue weighted by Crippen LogP contribution is -2.36. The Labute approximate surface area is 132 Å². The number of hydrogen-bond donors (Lipinski definition) is 0. The maximum Gasteiger partial charge on any atom is 0.276 e. The van der Waals surface area contributed by atoms with Gasteiger partial charge >= 0.3 is 0 Å². The fraction of sp³-hybridized carbons (Fsp3) is 0.933. The zero-order valence-corrected chi connectivity index (χ0v) is 16.4. The topological polar surface area (TPSA) is 60.4 Å². The molecule has 6 heteroatoms. The van der Waals surface area contributed by atoms with E-state index in [4.69, 9.17) is 3.63 Å². The Bertz CT molecular complexity index is 455. The van der Waals surface area contributed by atoms with E-state index in [-0.39, 0.29) is 22.0 Å². The molecular weight excluding hydrogens is 308 g/mol. The van der Waals surface area contributed by atoms with Crippen molar-refractivity contribution >= 4 is 26.2 Å². The van der Waals surface area contributed by atoms with Crippen LogP contribution in [-0.4, -0.2) is 36.7 Å². The summed E-state index contributed by atoms with van der Waals surface area (Å²) < 4.78 is 29.6. The molecule has 0 aromatic heterocycles. The van der Waals surface area contributed by atoms with Crippen LogP contribution in [0, 0.1) is 5.41 Å². The minimum atomic E-state index is -3.59. The summed E-state index contributed by atoms with van der Waals surface area (Å²) in [5.41, 5.74) is -0.490. The lowest BCUT2D eigenvalue weighted by atomic mass is 9.92. The smallest absolute Gasteiger partial charge is 0.276 e. The number of carbonyl (C=O) groups excluding carboxylic acids is 1. The van der Waals surface area contributed by atoms with Crippen LogP contribution in [0.15, 0.2) is 0 Å². The Balaban J connectivity index is 5.35. The highest BCUT2D eigenvalue weighted by Gasteiger charge is 2.41. The lowest BCUT2D eigenvalue weighted by Gasteiger charge is -2.46. The Morgan fingerprint density at radius 3 is 1.86 bits per heavy atom. The third kappa shape index (κ3) is 6.70. The lowest BCUT2D eigenvalue weighted by molar-refractivity contribution is -0.123. The highest BCUT2D eigenvalue weighted by Crippen LogP contribution is 2.58. The highest BCUT2D eigenvalue weighted by molar-refractivity contribution is 8.33. The monoisotopic (exact) mass is 340 g/mol. The van der Waals surface area contributed by atoms with E-state index >= 15 is 0 Å². The van der Waals surface area contributed by atoms with Crippen molar-refractivity contribution in [2.45, 2.75) is 66.1 Å². The second-order valence-corrected chi connectivity index (χ2v) is 13.2. The van der Waals surface area contributed by atoms with Gasteiger partial charge in [-0.1, -0.05) is 54.9 Å². The van der Waals surface area contributed by atoms with Gasteiger partial charge in [-0.3, -0.25) is 4.79 Å². The van der Waals surface area contributed by atoms with E-state index in [1.807, 2.05) is 48.5 Å². The molecule has 0 radical (unpaired) electrons. The van der Waals surface area contributed by atoms with E-state index in [0.717, 1.165) is 6.42 Å². The van der Waals surface area contributed by atoms with Crippen molar-refractivity contribution in [1.82, 2.24) is 0 Å². The van der Waals surface area contributed by atoms with Crippen LogP contribution >= 0.6 is 10.3 Å². The van der Waals surface area contributed by atoms with Gasteiger partial charge in [0.05, 0.1) is 11.5 Å². The van der Waals surface area contributed by atoms with Gasteiger partial charge in [-0.15, -0.1) is 10.3 Å². The van der Waals surface area contributed by atoms with E-state index < -0.39 is 25.8 Å². The van der Waals surface area contributed by atoms with Gasteiger partial charge < -0.3 is 0 Å². The number of hydrogen-bond acceptors (Lipinski definition) is 4.